The average molecular weight is 166 g/mol. The molecule has 0 N–H and O–H groups in total. The highest BCUT2D eigenvalue weighted by Gasteiger charge is 2.30. The first kappa shape index (κ1) is 9.50. The second kappa shape index (κ2) is 3.88. The van der Waals surface area contributed by atoms with Crippen molar-refractivity contribution in [3.63, 3.8) is 0 Å². The fraction of sp³-hybridized carbons (Fsp3) is 0.727. The summed E-state index contributed by atoms with van der Waals surface area (Å²) >= 11 is 0. The van der Waals surface area contributed by atoms with Gasteiger partial charge in [0.2, 0.25) is 0 Å². The zero-order valence-electron chi connectivity index (χ0n) is 8.05. The van der Waals surface area contributed by atoms with Gasteiger partial charge in [-0.25, -0.2) is 0 Å². The van der Waals surface area contributed by atoms with Crippen molar-refractivity contribution in [2.24, 2.45) is 17.8 Å². The molecule has 1 aliphatic rings. The van der Waals surface area contributed by atoms with Crippen molar-refractivity contribution in [3.05, 3.63) is 12.7 Å². The summed E-state index contributed by atoms with van der Waals surface area (Å²) in [4.78, 5) is 11.7. The molecule has 3 atom stereocenters. The fourth-order valence-corrected chi connectivity index (χ4v) is 1.98. The number of allylic oxidation sites excluding steroid dienone is 1. The minimum Gasteiger partial charge on any atom is -0.299 e. The lowest BCUT2D eigenvalue weighted by Gasteiger charge is -2.28. The van der Waals surface area contributed by atoms with Gasteiger partial charge in [0.05, 0.1) is 0 Å². The molecule has 0 aromatic heterocycles. The molecule has 1 heteroatoms. The Kier molecular flexibility index (Phi) is 3.07. The third-order valence-electron chi connectivity index (χ3n) is 3.01. The van der Waals surface area contributed by atoms with E-state index in [1.54, 1.807) is 0 Å². The fourth-order valence-electron chi connectivity index (χ4n) is 1.98. The van der Waals surface area contributed by atoms with E-state index in [0.717, 1.165) is 12.8 Å². The van der Waals surface area contributed by atoms with Gasteiger partial charge >= 0.3 is 0 Å². The number of Topliss-reactive ketones (excluding diaryl/α,β-unsaturated/α-hetero) is 1. The van der Waals surface area contributed by atoms with Gasteiger partial charge in [-0.15, -0.1) is 6.58 Å². The Balaban J connectivity index is 2.63. The second-order valence-electron chi connectivity index (χ2n) is 3.94. The number of hydrogen-bond acceptors (Lipinski definition) is 1. The van der Waals surface area contributed by atoms with Gasteiger partial charge in [0.1, 0.15) is 5.78 Å². The molecule has 68 valence electrons. The molecule has 0 aromatic rings. The topological polar surface area (TPSA) is 17.1 Å². The highest BCUT2D eigenvalue weighted by atomic mass is 16.1. The zero-order chi connectivity index (χ0) is 9.14. The van der Waals surface area contributed by atoms with Crippen LogP contribution in [0.15, 0.2) is 12.7 Å². The second-order valence-corrected chi connectivity index (χ2v) is 3.94. The summed E-state index contributed by atoms with van der Waals surface area (Å²) in [6.07, 6.45) is 5.26. The summed E-state index contributed by atoms with van der Waals surface area (Å²) < 4.78 is 0. The maximum Gasteiger partial charge on any atom is 0.139 e. The largest absolute Gasteiger partial charge is 0.299 e. The van der Waals surface area contributed by atoms with Gasteiger partial charge in [0.25, 0.3) is 0 Å². The molecule has 0 heterocycles. The van der Waals surface area contributed by atoms with Crippen LogP contribution in [-0.2, 0) is 4.79 Å². The molecule has 1 nitrogen and oxygen atoms in total. The standard InChI is InChI=1S/C11H18O/c1-4-8(2)10-7-5-6-9(3)11(10)12/h4,8-10H,1,5-7H2,2-3H3. The maximum absolute atomic E-state index is 11.7. The molecule has 1 saturated carbocycles. The number of carbonyl (C=O) groups is 1. The highest BCUT2D eigenvalue weighted by molar-refractivity contribution is 5.84. The number of hydrogen-bond donors (Lipinski definition) is 0. The molecule has 0 aliphatic heterocycles. The summed E-state index contributed by atoms with van der Waals surface area (Å²) in [5, 5.41) is 0. The van der Waals surface area contributed by atoms with Crippen molar-refractivity contribution in [1.29, 1.82) is 0 Å². The first-order valence-corrected chi connectivity index (χ1v) is 4.83. The molecule has 12 heavy (non-hydrogen) atoms. The Hall–Kier alpha value is -0.590. The van der Waals surface area contributed by atoms with Crippen molar-refractivity contribution in [3.8, 4) is 0 Å². The minimum absolute atomic E-state index is 0.256. The molecule has 1 fully saturated rings. The van der Waals surface area contributed by atoms with Crippen molar-refractivity contribution in [1.82, 2.24) is 0 Å². The van der Waals surface area contributed by atoms with Crippen LogP contribution in [0.25, 0.3) is 0 Å². The summed E-state index contributed by atoms with van der Waals surface area (Å²) in [7, 11) is 0. The minimum atomic E-state index is 0.256. The third kappa shape index (κ3) is 1.77. The van der Waals surface area contributed by atoms with Crippen LogP contribution < -0.4 is 0 Å². The van der Waals surface area contributed by atoms with Gasteiger partial charge in [0.15, 0.2) is 0 Å². The lowest BCUT2D eigenvalue weighted by atomic mass is 9.75. The molecule has 3 unspecified atom stereocenters. The molecule has 0 bridgehead atoms. The SMILES string of the molecule is C=CC(C)C1CCCC(C)C1=O. The summed E-state index contributed by atoms with van der Waals surface area (Å²) in [6.45, 7) is 7.88. The smallest absolute Gasteiger partial charge is 0.139 e. The van der Waals surface area contributed by atoms with Crippen LogP contribution >= 0.6 is 0 Å². The summed E-state index contributed by atoms with van der Waals surface area (Å²) in [6, 6.07) is 0. The molecule has 0 radical (unpaired) electrons. The van der Waals surface area contributed by atoms with E-state index >= 15 is 0 Å². The Labute approximate surface area is 74.9 Å². The van der Waals surface area contributed by atoms with E-state index < -0.39 is 0 Å². The molecule has 1 aliphatic carbocycles. The van der Waals surface area contributed by atoms with Crippen LogP contribution in [0.1, 0.15) is 33.1 Å². The van der Waals surface area contributed by atoms with Crippen molar-refractivity contribution in [2.45, 2.75) is 33.1 Å². The van der Waals surface area contributed by atoms with E-state index in [1.165, 1.54) is 6.42 Å². The first-order chi connectivity index (χ1) is 5.66. The number of carbonyl (C=O) groups excluding carboxylic acids is 1. The number of rotatable bonds is 2. The van der Waals surface area contributed by atoms with E-state index in [1.807, 2.05) is 13.0 Å². The van der Waals surface area contributed by atoms with Gasteiger partial charge < -0.3 is 0 Å². The Morgan fingerprint density at radius 1 is 1.58 bits per heavy atom. The van der Waals surface area contributed by atoms with Crippen molar-refractivity contribution in [2.75, 3.05) is 0 Å². The molecular weight excluding hydrogens is 148 g/mol. The van der Waals surface area contributed by atoms with E-state index in [2.05, 4.69) is 13.5 Å². The lowest BCUT2D eigenvalue weighted by molar-refractivity contribution is -0.129. The Bertz CT molecular complexity index is 183. The van der Waals surface area contributed by atoms with Crippen LogP contribution in [-0.4, -0.2) is 5.78 Å². The lowest BCUT2D eigenvalue weighted by Crippen LogP contribution is -2.30. The van der Waals surface area contributed by atoms with E-state index in [0.29, 0.717) is 11.7 Å². The molecule has 0 saturated heterocycles. The van der Waals surface area contributed by atoms with Crippen LogP contribution in [0.2, 0.25) is 0 Å². The number of ketones is 1. The molecule has 0 amide bonds. The van der Waals surface area contributed by atoms with Crippen LogP contribution in [0, 0.1) is 17.8 Å². The van der Waals surface area contributed by atoms with E-state index in [-0.39, 0.29) is 11.8 Å². The maximum atomic E-state index is 11.7. The zero-order valence-corrected chi connectivity index (χ0v) is 8.05. The Morgan fingerprint density at radius 3 is 2.83 bits per heavy atom. The van der Waals surface area contributed by atoms with Gasteiger partial charge in [0, 0.05) is 11.8 Å². The summed E-state index contributed by atoms with van der Waals surface area (Å²) in [5.41, 5.74) is 0. The van der Waals surface area contributed by atoms with E-state index in [9.17, 15) is 4.79 Å². The first-order valence-electron chi connectivity index (χ1n) is 4.83. The van der Waals surface area contributed by atoms with Crippen LogP contribution in [0.5, 0.6) is 0 Å². The monoisotopic (exact) mass is 166 g/mol. The Morgan fingerprint density at radius 2 is 2.25 bits per heavy atom. The van der Waals surface area contributed by atoms with Crippen LogP contribution in [0.3, 0.4) is 0 Å². The normalized spacial score (nSPS) is 33.0. The molecule has 0 spiro atoms. The van der Waals surface area contributed by atoms with Crippen LogP contribution in [0.4, 0.5) is 0 Å². The van der Waals surface area contributed by atoms with Crippen molar-refractivity contribution < 1.29 is 4.79 Å². The average Bonchev–Trinajstić information content (AvgIpc) is 2.08. The predicted octanol–water partition coefficient (Wildman–Crippen LogP) is 2.81. The summed E-state index contributed by atoms with van der Waals surface area (Å²) in [5.74, 6) is 1.35. The van der Waals surface area contributed by atoms with E-state index in [4.69, 9.17) is 0 Å². The van der Waals surface area contributed by atoms with Gasteiger partial charge in [-0.3, -0.25) is 4.79 Å². The predicted molar refractivity (Wildman–Crippen MR) is 50.9 cm³/mol. The molecular formula is C11H18O. The van der Waals surface area contributed by atoms with Gasteiger partial charge in [-0.1, -0.05) is 26.3 Å². The van der Waals surface area contributed by atoms with Crippen molar-refractivity contribution >= 4 is 5.78 Å². The highest BCUT2D eigenvalue weighted by Crippen LogP contribution is 2.30. The van der Waals surface area contributed by atoms with Gasteiger partial charge in [-0.05, 0) is 18.8 Å². The quantitative estimate of drug-likeness (QED) is 0.576. The third-order valence-corrected chi connectivity index (χ3v) is 3.01. The molecule has 1 rings (SSSR count). The van der Waals surface area contributed by atoms with Gasteiger partial charge in [-0.2, -0.15) is 0 Å². The molecule has 0 aromatic carbocycles.